The van der Waals surface area contributed by atoms with Gasteiger partial charge in [0, 0.05) is 12.1 Å². The average molecular weight is 270 g/mol. The molecule has 0 aliphatic heterocycles. The van der Waals surface area contributed by atoms with E-state index in [1.54, 1.807) is 0 Å². The quantitative estimate of drug-likeness (QED) is 0.845. The molecule has 2 N–H and O–H groups in total. The minimum absolute atomic E-state index is 0.432. The van der Waals surface area contributed by atoms with Crippen LogP contribution in [-0.4, -0.2) is 21.5 Å². The molecule has 1 heterocycles. The number of hydrogen-bond donors (Lipinski definition) is 1. The van der Waals surface area contributed by atoms with Crippen LogP contribution in [0.4, 0.5) is 13.2 Å². The minimum Gasteiger partial charge on any atom is -0.330 e. The zero-order chi connectivity index (χ0) is 13.8. The molecule has 7 heteroatoms. The highest BCUT2D eigenvalue weighted by Crippen LogP contribution is 2.18. The molecule has 0 atom stereocenters. The van der Waals surface area contributed by atoms with Crippen LogP contribution in [0.25, 0.3) is 5.69 Å². The lowest BCUT2D eigenvalue weighted by atomic mass is 10.2. The van der Waals surface area contributed by atoms with Gasteiger partial charge in [-0.15, -0.1) is 5.10 Å². The number of hydrogen-bond acceptors (Lipinski definition) is 3. The maximum absolute atomic E-state index is 13.5. The highest BCUT2D eigenvalue weighted by Gasteiger charge is 2.15. The highest BCUT2D eigenvalue weighted by atomic mass is 19.1. The normalized spacial score (nSPS) is 10.9. The first-order valence-electron chi connectivity index (χ1n) is 5.88. The molecule has 0 saturated carbocycles. The van der Waals surface area contributed by atoms with Crippen molar-refractivity contribution < 1.29 is 13.2 Å². The first-order valence-corrected chi connectivity index (χ1v) is 5.88. The second kappa shape index (κ2) is 5.83. The Hall–Kier alpha value is -1.89. The third kappa shape index (κ3) is 3.11. The van der Waals surface area contributed by atoms with Gasteiger partial charge in [-0.1, -0.05) is 5.21 Å². The average Bonchev–Trinajstić information content (AvgIpc) is 2.76. The summed E-state index contributed by atoms with van der Waals surface area (Å²) < 4.78 is 40.8. The first-order chi connectivity index (χ1) is 9.11. The van der Waals surface area contributed by atoms with E-state index in [4.69, 9.17) is 5.73 Å². The highest BCUT2D eigenvalue weighted by molar-refractivity contribution is 5.34. The van der Waals surface area contributed by atoms with Gasteiger partial charge in [-0.3, -0.25) is 0 Å². The topological polar surface area (TPSA) is 56.7 Å². The summed E-state index contributed by atoms with van der Waals surface area (Å²) in [6.07, 6.45) is 3.72. The predicted molar refractivity (Wildman–Crippen MR) is 63.2 cm³/mol. The Morgan fingerprint density at radius 2 is 1.79 bits per heavy atom. The van der Waals surface area contributed by atoms with E-state index in [9.17, 15) is 13.2 Å². The van der Waals surface area contributed by atoms with E-state index in [2.05, 4.69) is 10.3 Å². The monoisotopic (exact) mass is 270 g/mol. The molecule has 0 aliphatic carbocycles. The van der Waals surface area contributed by atoms with Gasteiger partial charge < -0.3 is 5.73 Å². The van der Waals surface area contributed by atoms with Crippen LogP contribution in [0.15, 0.2) is 18.3 Å². The smallest absolute Gasteiger partial charge is 0.154 e. The fraction of sp³-hybridized carbons (Fsp3) is 0.333. The molecule has 2 rings (SSSR count). The van der Waals surface area contributed by atoms with Crippen molar-refractivity contribution in [2.24, 2.45) is 5.73 Å². The summed E-state index contributed by atoms with van der Waals surface area (Å²) in [4.78, 5) is 0. The summed E-state index contributed by atoms with van der Waals surface area (Å²) in [5.41, 5.74) is 5.54. The van der Waals surface area contributed by atoms with Crippen molar-refractivity contribution in [2.75, 3.05) is 6.54 Å². The molecule has 102 valence electrons. The summed E-state index contributed by atoms with van der Waals surface area (Å²) >= 11 is 0. The number of aryl methyl sites for hydroxylation is 1. The van der Waals surface area contributed by atoms with Crippen molar-refractivity contribution >= 4 is 0 Å². The second-order valence-electron chi connectivity index (χ2n) is 4.12. The molecule has 1 aromatic heterocycles. The summed E-state index contributed by atoms with van der Waals surface area (Å²) in [5, 5.41) is 7.46. The molecule has 4 nitrogen and oxygen atoms in total. The number of aromatic nitrogens is 3. The van der Waals surface area contributed by atoms with Crippen molar-refractivity contribution in [1.29, 1.82) is 0 Å². The van der Waals surface area contributed by atoms with Crippen molar-refractivity contribution in [1.82, 2.24) is 15.0 Å². The van der Waals surface area contributed by atoms with Gasteiger partial charge in [0.25, 0.3) is 0 Å². The second-order valence-corrected chi connectivity index (χ2v) is 4.12. The first kappa shape index (κ1) is 13.5. The largest absolute Gasteiger partial charge is 0.330 e. The van der Waals surface area contributed by atoms with Gasteiger partial charge in [0.15, 0.2) is 11.6 Å². The number of benzene rings is 1. The third-order valence-electron chi connectivity index (χ3n) is 2.64. The van der Waals surface area contributed by atoms with Gasteiger partial charge in [-0.2, -0.15) is 0 Å². The lowest BCUT2D eigenvalue weighted by molar-refractivity contribution is 0.526. The standard InChI is InChI=1S/C12H13F3N4/c13-8-5-10(14)12(11(15)6-8)19-7-9(17-18-19)3-1-2-4-16/h5-7H,1-4,16H2. The predicted octanol–water partition coefficient (Wildman–Crippen LogP) is 1.97. The Kier molecular flexibility index (Phi) is 4.16. The van der Waals surface area contributed by atoms with Crippen molar-refractivity contribution in [3.63, 3.8) is 0 Å². The summed E-state index contributed by atoms with van der Waals surface area (Å²) in [5.74, 6) is -3.01. The van der Waals surface area contributed by atoms with E-state index in [-0.39, 0.29) is 0 Å². The fourth-order valence-corrected chi connectivity index (χ4v) is 1.73. The number of rotatable bonds is 5. The van der Waals surface area contributed by atoms with Crippen LogP contribution in [0.1, 0.15) is 18.5 Å². The lowest BCUT2D eigenvalue weighted by Gasteiger charge is -2.03. The van der Waals surface area contributed by atoms with Gasteiger partial charge in [0.2, 0.25) is 0 Å². The zero-order valence-corrected chi connectivity index (χ0v) is 10.1. The maximum atomic E-state index is 13.5. The molecule has 0 bridgehead atoms. The minimum atomic E-state index is -1.02. The maximum Gasteiger partial charge on any atom is 0.154 e. The van der Waals surface area contributed by atoms with Crippen LogP contribution < -0.4 is 5.73 Å². The van der Waals surface area contributed by atoms with Gasteiger partial charge in [-0.05, 0) is 25.8 Å². The lowest BCUT2D eigenvalue weighted by Crippen LogP contribution is -2.03. The molecular weight excluding hydrogens is 257 g/mol. The molecule has 0 fully saturated rings. The SMILES string of the molecule is NCCCCc1cn(-c2c(F)cc(F)cc2F)nn1. The Balaban J connectivity index is 2.23. The Bertz CT molecular complexity index is 545. The van der Waals surface area contributed by atoms with E-state index in [0.29, 0.717) is 30.8 Å². The van der Waals surface area contributed by atoms with Gasteiger partial charge in [-0.25, -0.2) is 17.9 Å². The molecule has 0 amide bonds. The van der Waals surface area contributed by atoms with E-state index >= 15 is 0 Å². The Labute approximate surface area is 108 Å². The Morgan fingerprint density at radius 1 is 1.11 bits per heavy atom. The Morgan fingerprint density at radius 3 is 2.42 bits per heavy atom. The molecule has 0 aliphatic rings. The summed E-state index contributed by atoms with van der Waals surface area (Å²) in [6.45, 7) is 0.579. The summed E-state index contributed by atoms with van der Waals surface area (Å²) in [6, 6.07) is 1.21. The van der Waals surface area contributed by atoms with Crippen LogP contribution in [0.3, 0.4) is 0 Å². The van der Waals surface area contributed by atoms with E-state index < -0.39 is 23.1 Å². The molecular formula is C12H13F3N4. The van der Waals surface area contributed by atoms with Crippen molar-refractivity contribution in [2.45, 2.75) is 19.3 Å². The van der Waals surface area contributed by atoms with Crippen molar-refractivity contribution in [3.05, 3.63) is 41.5 Å². The van der Waals surface area contributed by atoms with Crippen LogP contribution in [0.5, 0.6) is 0 Å². The number of halogens is 3. The van der Waals surface area contributed by atoms with Crippen LogP contribution in [-0.2, 0) is 6.42 Å². The molecule has 19 heavy (non-hydrogen) atoms. The van der Waals surface area contributed by atoms with Gasteiger partial charge in [0.05, 0.1) is 11.9 Å². The molecule has 0 unspecified atom stereocenters. The van der Waals surface area contributed by atoms with Gasteiger partial charge in [0.1, 0.15) is 11.5 Å². The van der Waals surface area contributed by atoms with Crippen molar-refractivity contribution in [3.8, 4) is 5.69 Å². The molecule has 0 radical (unpaired) electrons. The number of nitrogens with zero attached hydrogens (tertiary/aromatic N) is 3. The molecule has 2 aromatic rings. The fourth-order valence-electron chi connectivity index (χ4n) is 1.73. The summed E-state index contributed by atoms with van der Waals surface area (Å²) in [7, 11) is 0. The molecule has 0 spiro atoms. The van der Waals surface area contributed by atoms with Crippen LogP contribution >= 0.6 is 0 Å². The van der Waals surface area contributed by atoms with Gasteiger partial charge >= 0.3 is 0 Å². The van der Waals surface area contributed by atoms with E-state index in [1.165, 1.54) is 6.20 Å². The molecule has 1 aromatic carbocycles. The van der Waals surface area contributed by atoms with E-state index in [0.717, 1.165) is 17.5 Å². The van der Waals surface area contributed by atoms with Crippen LogP contribution in [0.2, 0.25) is 0 Å². The third-order valence-corrected chi connectivity index (χ3v) is 2.64. The zero-order valence-electron chi connectivity index (χ0n) is 10.1. The number of unbranched alkanes of at least 4 members (excludes halogenated alkanes) is 1. The van der Waals surface area contributed by atoms with E-state index in [1.807, 2.05) is 0 Å². The van der Waals surface area contributed by atoms with Crippen LogP contribution in [0, 0.1) is 17.5 Å². The molecule has 0 saturated heterocycles. The number of nitrogens with two attached hydrogens (primary N) is 1.